The summed E-state index contributed by atoms with van der Waals surface area (Å²) in [5.74, 6) is 0. The van der Waals surface area contributed by atoms with Crippen molar-refractivity contribution in [1.82, 2.24) is 9.62 Å². The Hall–Kier alpha value is -0.830. The summed E-state index contributed by atoms with van der Waals surface area (Å²) in [5, 5.41) is -0.228. The van der Waals surface area contributed by atoms with Crippen LogP contribution in [0.2, 0.25) is 5.02 Å². The summed E-state index contributed by atoms with van der Waals surface area (Å²) in [6.45, 7) is 1.45. The number of halogens is 4. The molecule has 1 aromatic rings. The van der Waals surface area contributed by atoms with Gasteiger partial charge in [-0.05, 0) is 51.2 Å². The molecule has 1 aliphatic heterocycles. The molecule has 9 heteroatoms. The normalized spacial score (nSPS) is 18.6. The minimum atomic E-state index is -4.62. The molecule has 1 aromatic carbocycles. The number of benzene rings is 1. The molecular formula is C13H16ClF3N2O2S. The van der Waals surface area contributed by atoms with Crippen LogP contribution in [0.3, 0.4) is 0 Å². The van der Waals surface area contributed by atoms with Gasteiger partial charge >= 0.3 is 6.18 Å². The second kappa shape index (κ2) is 6.35. The van der Waals surface area contributed by atoms with Gasteiger partial charge in [-0.2, -0.15) is 13.2 Å². The van der Waals surface area contributed by atoms with Gasteiger partial charge in [-0.25, -0.2) is 13.1 Å². The molecule has 0 atom stereocenters. The molecule has 4 nitrogen and oxygen atoms in total. The number of nitrogens with zero attached hydrogens (tertiary/aromatic N) is 1. The standard InChI is InChI=1S/C13H16ClF3N2O2S/c1-19-6-4-10(5-7-19)18-22(20,21)12-8-9(13(15,16)17)2-3-11(12)14/h2-3,8,10,18H,4-7H2,1H3. The topological polar surface area (TPSA) is 49.4 Å². The Morgan fingerprint density at radius 2 is 1.86 bits per heavy atom. The van der Waals surface area contributed by atoms with Crippen LogP contribution in [0.1, 0.15) is 18.4 Å². The lowest BCUT2D eigenvalue weighted by Crippen LogP contribution is -2.43. The minimum Gasteiger partial charge on any atom is -0.306 e. The average Bonchev–Trinajstić information content (AvgIpc) is 2.40. The first-order valence-electron chi connectivity index (χ1n) is 6.67. The number of rotatable bonds is 3. The van der Waals surface area contributed by atoms with Crippen molar-refractivity contribution in [3.63, 3.8) is 0 Å². The second-order valence-electron chi connectivity index (χ2n) is 5.34. The number of sulfonamides is 1. The first-order chi connectivity index (χ1) is 10.1. The molecular weight excluding hydrogens is 341 g/mol. The number of piperidine rings is 1. The Bertz CT molecular complexity index is 641. The van der Waals surface area contributed by atoms with Crippen LogP contribution in [0, 0.1) is 0 Å². The monoisotopic (exact) mass is 356 g/mol. The molecule has 0 amide bonds. The maximum Gasteiger partial charge on any atom is 0.416 e. The highest BCUT2D eigenvalue weighted by atomic mass is 35.5. The van der Waals surface area contributed by atoms with Crippen LogP contribution < -0.4 is 4.72 Å². The number of alkyl halides is 3. The molecule has 1 saturated heterocycles. The Morgan fingerprint density at radius 3 is 2.41 bits per heavy atom. The van der Waals surface area contributed by atoms with E-state index in [9.17, 15) is 21.6 Å². The highest BCUT2D eigenvalue weighted by Gasteiger charge is 2.33. The van der Waals surface area contributed by atoms with E-state index in [1.165, 1.54) is 0 Å². The lowest BCUT2D eigenvalue weighted by Gasteiger charge is -2.29. The van der Waals surface area contributed by atoms with Gasteiger partial charge in [-0.15, -0.1) is 0 Å². The predicted molar refractivity (Wildman–Crippen MR) is 77.3 cm³/mol. The smallest absolute Gasteiger partial charge is 0.306 e. The minimum absolute atomic E-state index is 0.228. The van der Waals surface area contributed by atoms with Gasteiger partial charge in [0.25, 0.3) is 0 Å². The van der Waals surface area contributed by atoms with Crippen molar-refractivity contribution >= 4 is 21.6 Å². The van der Waals surface area contributed by atoms with E-state index in [2.05, 4.69) is 9.62 Å². The van der Waals surface area contributed by atoms with Crippen molar-refractivity contribution < 1.29 is 21.6 Å². The van der Waals surface area contributed by atoms with E-state index in [1.54, 1.807) is 0 Å². The third-order valence-corrected chi connectivity index (χ3v) is 5.59. The van der Waals surface area contributed by atoms with Gasteiger partial charge in [-0.3, -0.25) is 0 Å². The molecule has 0 aromatic heterocycles. The molecule has 2 rings (SSSR count). The Morgan fingerprint density at radius 1 is 1.27 bits per heavy atom. The van der Waals surface area contributed by atoms with Crippen molar-refractivity contribution in [3.8, 4) is 0 Å². The van der Waals surface area contributed by atoms with Gasteiger partial charge < -0.3 is 4.90 Å². The molecule has 0 bridgehead atoms. The molecule has 0 aliphatic carbocycles. The van der Waals surface area contributed by atoms with E-state index in [4.69, 9.17) is 11.6 Å². The lowest BCUT2D eigenvalue weighted by molar-refractivity contribution is -0.137. The van der Waals surface area contributed by atoms with Crippen LogP contribution in [0.15, 0.2) is 23.1 Å². The number of likely N-dealkylation sites (tertiary alicyclic amines) is 1. The predicted octanol–water partition coefficient (Wildman–Crippen LogP) is 2.73. The highest BCUT2D eigenvalue weighted by molar-refractivity contribution is 7.89. The third-order valence-electron chi connectivity index (χ3n) is 3.59. The molecule has 0 saturated carbocycles. The van der Waals surface area contributed by atoms with Crippen LogP contribution in [-0.4, -0.2) is 39.5 Å². The zero-order valence-corrected chi connectivity index (χ0v) is 13.4. The summed E-state index contributed by atoms with van der Waals surface area (Å²) in [7, 11) is -2.17. The summed E-state index contributed by atoms with van der Waals surface area (Å²) < 4.78 is 65.2. The fourth-order valence-corrected chi connectivity index (χ4v) is 4.13. The number of hydrogen-bond acceptors (Lipinski definition) is 3. The maximum atomic E-state index is 12.7. The molecule has 1 aliphatic rings. The van der Waals surface area contributed by atoms with Gasteiger partial charge in [0.1, 0.15) is 4.90 Å². The van der Waals surface area contributed by atoms with Crippen molar-refractivity contribution in [3.05, 3.63) is 28.8 Å². The van der Waals surface area contributed by atoms with Crippen LogP contribution in [0.25, 0.3) is 0 Å². The Labute approximate surface area is 132 Å². The SMILES string of the molecule is CN1CCC(NS(=O)(=O)c2cc(C(F)(F)F)ccc2Cl)CC1. The quantitative estimate of drug-likeness (QED) is 0.906. The van der Waals surface area contributed by atoms with E-state index in [-0.39, 0.29) is 11.1 Å². The Kier molecular flexibility index (Phi) is 5.06. The van der Waals surface area contributed by atoms with Gasteiger partial charge in [0.15, 0.2) is 0 Å². The molecule has 1 heterocycles. The van der Waals surface area contributed by atoms with E-state index >= 15 is 0 Å². The molecule has 1 fully saturated rings. The van der Waals surface area contributed by atoms with Crippen LogP contribution in [-0.2, 0) is 16.2 Å². The summed E-state index contributed by atoms with van der Waals surface area (Å²) in [5.41, 5.74) is -1.04. The van der Waals surface area contributed by atoms with Crippen molar-refractivity contribution in [2.24, 2.45) is 0 Å². The lowest BCUT2D eigenvalue weighted by atomic mass is 10.1. The van der Waals surface area contributed by atoms with Crippen LogP contribution >= 0.6 is 11.6 Å². The van der Waals surface area contributed by atoms with E-state index < -0.39 is 26.7 Å². The summed E-state index contributed by atoms with van der Waals surface area (Å²) >= 11 is 5.78. The van der Waals surface area contributed by atoms with Gasteiger partial charge in [-0.1, -0.05) is 11.6 Å². The zero-order chi connectivity index (χ0) is 16.5. The summed E-state index contributed by atoms with van der Waals surface area (Å²) in [4.78, 5) is 1.52. The summed E-state index contributed by atoms with van der Waals surface area (Å²) in [6.07, 6.45) is -3.42. The van der Waals surface area contributed by atoms with Crippen molar-refractivity contribution in [2.45, 2.75) is 30.0 Å². The fourth-order valence-electron chi connectivity index (χ4n) is 2.29. The second-order valence-corrected chi connectivity index (χ2v) is 7.43. The largest absolute Gasteiger partial charge is 0.416 e. The molecule has 0 unspecified atom stereocenters. The molecule has 0 spiro atoms. The highest BCUT2D eigenvalue weighted by Crippen LogP contribution is 2.33. The van der Waals surface area contributed by atoms with Gasteiger partial charge in [0, 0.05) is 6.04 Å². The van der Waals surface area contributed by atoms with Gasteiger partial charge in [0.05, 0.1) is 10.6 Å². The molecule has 124 valence electrons. The van der Waals surface area contributed by atoms with E-state index in [0.29, 0.717) is 18.9 Å². The number of hydrogen-bond donors (Lipinski definition) is 1. The van der Waals surface area contributed by atoms with E-state index in [0.717, 1.165) is 25.2 Å². The Balaban J connectivity index is 2.25. The first kappa shape index (κ1) is 17.5. The average molecular weight is 357 g/mol. The van der Waals surface area contributed by atoms with Crippen molar-refractivity contribution in [1.29, 1.82) is 0 Å². The van der Waals surface area contributed by atoms with Crippen LogP contribution in [0.5, 0.6) is 0 Å². The molecule has 22 heavy (non-hydrogen) atoms. The zero-order valence-electron chi connectivity index (χ0n) is 11.8. The van der Waals surface area contributed by atoms with Gasteiger partial charge in [0.2, 0.25) is 10.0 Å². The molecule has 1 N–H and O–H groups in total. The van der Waals surface area contributed by atoms with Crippen molar-refractivity contribution in [2.75, 3.05) is 20.1 Å². The maximum absolute atomic E-state index is 12.7. The first-order valence-corrected chi connectivity index (χ1v) is 8.53. The molecule has 0 radical (unpaired) electrons. The van der Waals surface area contributed by atoms with E-state index in [1.807, 2.05) is 7.05 Å². The third kappa shape index (κ3) is 4.13. The fraction of sp³-hybridized carbons (Fsp3) is 0.538. The summed E-state index contributed by atoms with van der Waals surface area (Å²) in [6, 6.07) is 1.98. The van der Waals surface area contributed by atoms with Crippen LogP contribution in [0.4, 0.5) is 13.2 Å². The number of nitrogens with one attached hydrogen (secondary N) is 1.